The summed E-state index contributed by atoms with van der Waals surface area (Å²) in [6, 6.07) is 0.147. The number of ether oxygens (including phenoxy) is 1. The van der Waals surface area contributed by atoms with Crippen molar-refractivity contribution in [2.45, 2.75) is 26.4 Å². The van der Waals surface area contributed by atoms with Gasteiger partial charge < -0.3 is 21.5 Å². The van der Waals surface area contributed by atoms with Gasteiger partial charge in [-0.15, -0.1) is 0 Å². The van der Waals surface area contributed by atoms with Crippen molar-refractivity contribution in [1.29, 1.82) is 0 Å². The monoisotopic (exact) mass is 240 g/mol. The average Bonchev–Trinajstić information content (AvgIpc) is 2.14. The van der Waals surface area contributed by atoms with Crippen molar-refractivity contribution >= 4 is 17.8 Å². The number of hydrogen-bond donors (Lipinski definition) is 3. The first-order valence-electron chi connectivity index (χ1n) is 5.17. The van der Waals surface area contributed by atoms with Gasteiger partial charge in [-0.3, -0.25) is 4.79 Å². The van der Waals surface area contributed by atoms with E-state index in [0.29, 0.717) is 6.54 Å². The fraction of sp³-hybridized carbons (Fsp3) is 0.556. The van der Waals surface area contributed by atoms with Gasteiger partial charge in [-0.1, -0.05) is 0 Å². The summed E-state index contributed by atoms with van der Waals surface area (Å²) in [5.74, 6) is -0.0928. The number of carbonyl (C=O) groups excluding carboxylic acids is 1. The maximum absolute atomic E-state index is 10.5. The quantitative estimate of drug-likeness (QED) is 0.612. The lowest BCUT2D eigenvalue weighted by molar-refractivity contribution is -0.117. The summed E-state index contributed by atoms with van der Waals surface area (Å²) in [6.45, 7) is 4.03. The SMILES string of the molecule is CC(C)Oc1nc(N)nc(NCCC(N)=O)n1. The standard InChI is InChI=1S/C9H16N6O2/c1-5(2)17-9-14-7(11)13-8(15-9)12-4-3-6(10)16/h5H,3-4H2,1-2H3,(H2,10,16)(H3,11,12,13,14,15). The lowest BCUT2D eigenvalue weighted by Crippen LogP contribution is -2.18. The lowest BCUT2D eigenvalue weighted by atomic mass is 10.4. The van der Waals surface area contributed by atoms with Gasteiger partial charge in [-0.25, -0.2) is 0 Å². The Morgan fingerprint density at radius 3 is 2.71 bits per heavy atom. The number of carbonyl (C=O) groups is 1. The molecule has 0 saturated heterocycles. The van der Waals surface area contributed by atoms with Gasteiger partial charge in [-0.2, -0.15) is 15.0 Å². The number of aromatic nitrogens is 3. The van der Waals surface area contributed by atoms with Crippen molar-refractivity contribution in [3.8, 4) is 6.01 Å². The maximum atomic E-state index is 10.5. The number of nitrogen functional groups attached to an aromatic ring is 1. The second-order valence-corrected chi connectivity index (χ2v) is 3.61. The van der Waals surface area contributed by atoms with Crippen molar-refractivity contribution in [2.24, 2.45) is 5.73 Å². The maximum Gasteiger partial charge on any atom is 0.323 e. The van der Waals surface area contributed by atoms with Crippen LogP contribution in [-0.2, 0) is 4.79 Å². The Hall–Kier alpha value is -2.12. The van der Waals surface area contributed by atoms with Gasteiger partial charge in [0.25, 0.3) is 0 Å². The van der Waals surface area contributed by atoms with Gasteiger partial charge in [0.15, 0.2) is 0 Å². The molecule has 8 nitrogen and oxygen atoms in total. The fourth-order valence-electron chi connectivity index (χ4n) is 1.01. The predicted molar refractivity (Wildman–Crippen MR) is 62.3 cm³/mol. The summed E-state index contributed by atoms with van der Waals surface area (Å²) in [7, 11) is 0. The summed E-state index contributed by atoms with van der Waals surface area (Å²) in [5.41, 5.74) is 10.5. The largest absolute Gasteiger partial charge is 0.461 e. The molecule has 0 aliphatic rings. The Bertz CT molecular complexity index is 395. The fourth-order valence-corrected chi connectivity index (χ4v) is 1.01. The third-order valence-electron chi connectivity index (χ3n) is 1.63. The number of hydrogen-bond acceptors (Lipinski definition) is 7. The molecule has 0 atom stereocenters. The molecule has 0 radical (unpaired) electrons. The molecule has 0 aromatic carbocycles. The molecule has 0 spiro atoms. The van der Waals surface area contributed by atoms with Gasteiger partial charge in [0.05, 0.1) is 6.10 Å². The molecule has 0 fully saturated rings. The minimum atomic E-state index is -0.404. The highest BCUT2D eigenvalue weighted by atomic mass is 16.5. The molecule has 5 N–H and O–H groups in total. The van der Waals surface area contributed by atoms with Gasteiger partial charge in [0.1, 0.15) is 0 Å². The number of primary amides is 1. The zero-order chi connectivity index (χ0) is 12.8. The molecule has 94 valence electrons. The second-order valence-electron chi connectivity index (χ2n) is 3.61. The van der Waals surface area contributed by atoms with E-state index >= 15 is 0 Å². The Labute approximate surface area is 98.8 Å². The van der Waals surface area contributed by atoms with Crippen LogP contribution in [-0.4, -0.2) is 33.5 Å². The summed E-state index contributed by atoms with van der Waals surface area (Å²) in [4.78, 5) is 22.2. The van der Waals surface area contributed by atoms with Crippen LogP contribution in [0.4, 0.5) is 11.9 Å². The molecule has 0 bridgehead atoms. The molecule has 1 aromatic rings. The van der Waals surface area contributed by atoms with Crippen LogP contribution in [0.3, 0.4) is 0 Å². The van der Waals surface area contributed by atoms with E-state index in [2.05, 4.69) is 20.3 Å². The van der Waals surface area contributed by atoms with Crippen molar-refractivity contribution in [3.05, 3.63) is 0 Å². The molecular weight excluding hydrogens is 224 g/mol. The minimum absolute atomic E-state index is 0.0530. The Morgan fingerprint density at radius 2 is 2.12 bits per heavy atom. The Morgan fingerprint density at radius 1 is 1.41 bits per heavy atom. The van der Waals surface area contributed by atoms with E-state index in [1.165, 1.54) is 0 Å². The van der Waals surface area contributed by atoms with Crippen LogP contribution in [0.15, 0.2) is 0 Å². The van der Waals surface area contributed by atoms with E-state index in [1.54, 1.807) is 0 Å². The van der Waals surface area contributed by atoms with Crippen molar-refractivity contribution in [3.63, 3.8) is 0 Å². The second kappa shape index (κ2) is 5.83. The molecule has 1 rings (SSSR count). The first-order valence-corrected chi connectivity index (χ1v) is 5.17. The van der Waals surface area contributed by atoms with E-state index in [0.717, 1.165) is 0 Å². The lowest BCUT2D eigenvalue weighted by Gasteiger charge is -2.09. The van der Waals surface area contributed by atoms with Crippen LogP contribution < -0.4 is 21.5 Å². The molecular formula is C9H16N6O2. The number of nitrogens with zero attached hydrogens (tertiary/aromatic N) is 3. The molecule has 0 aliphatic heterocycles. The third kappa shape index (κ3) is 4.96. The highest BCUT2D eigenvalue weighted by Gasteiger charge is 2.07. The number of amides is 1. The van der Waals surface area contributed by atoms with Crippen LogP contribution in [0.1, 0.15) is 20.3 Å². The first kappa shape index (κ1) is 12.9. The number of anilines is 2. The van der Waals surface area contributed by atoms with Crippen molar-refractivity contribution in [1.82, 2.24) is 15.0 Å². The van der Waals surface area contributed by atoms with Gasteiger partial charge in [0, 0.05) is 13.0 Å². The zero-order valence-corrected chi connectivity index (χ0v) is 9.80. The highest BCUT2D eigenvalue weighted by Crippen LogP contribution is 2.10. The predicted octanol–water partition coefficient (Wildman–Crippen LogP) is -0.472. The zero-order valence-electron chi connectivity index (χ0n) is 9.80. The molecule has 8 heteroatoms. The van der Waals surface area contributed by atoms with E-state index in [-0.39, 0.29) is 30.4 Å². The van der Waals surface area contributed by atoms with Crippen LogP contribution in [0.5, 0.6) is 6.01 Å². The highest BCUT2D eigenvalue weighted by molar-refractivity contribution is 5.74. The summed E-state index contributed by atoms with van der Waals surface area (Å²) in [6.07, 6.45) is 0.127. The summed E-state index contributed by atoms with van der Waals surface area (Å²) < 4.78 is 5.29. The third-order valence-corrected chi connectivity index (χ3v) is 1.63. The van der Waals surface area contributed by atoms with Crippen LogP contribution >= 0.6 is 0 Å². The van der Waals surface area contributed by atoms with Crippen LogP contribution in [0.25, 0.3) is 0 Å². The number of nitrogens with one attached hydrogen (secondary N) is 1. The summed E-state index contributed by atoms with van der Waals surface area (Å²) in [5, 5.41) is 2.81. The van der Waals surface area contributed by atoms with E-state index in [9.17, 15) is 4.79 Å². The molecule has 0 aliphatic carbocycles. The average molecular weight is 240 g/mol. The summed E-state index contributed by atoms with van der Waals surface area (Å²) >= 11 is 0. The molecule has 17 heavy (non-hydrogen) atoms. The smallest absolute Gasteiger partial charge is 0.323 e. The molecule has 0 saturated carbocycles. The van der Waals surface area contributed by atoms with E-state index in [4.69, 9.17) is 16.2 Å². The van der Waals surface area contributed by atoms with E-state index in [1.807, 2.05) is 13.8 Å². The van der Waals surface area contributed by atoms with Gasteiger partial charge >= 0.3 is 6.01 Å². The molecule has 0 unspecified atom stereocenters. The molecule has 1 heterocycles. The normalized spacial score (nSPS) is 10.3. The molecule has 1 aromatic heterocycles. The molecule has 1 amide bonds. The van der Waals surface area contributed by atoms with E-state index < -0.39 is 5.91 Å². The van der Waals surface area contributed by atoms with Crippen LogP contribution in [0.2, 0.25) is 0 Å². The van der Waals surface area contributed by atoms with Crippen molar-refractivity contribution in [2.75, 3.05) is 17.6 Å². The Balaban J connectivity index is 2.65. The van der Waals surface area contributed by atoms with Gasteiger partial charge in [-0.05, 0) is 13.8 Å². The Kier molecular flexibility index (Phi) is 4.44. The first-order chi connectivity index (χ1) is 7.97. The van der Waals surface area contributed by atoms with Gasteiger partial charge in [0.2, 0.25) is 17.8 Å². The number of rotatable bonds is 6. The van der Waals surface area contributed by atoms with Crippen LogP contribution in [0, 0.1) is 0 Å². The topological polar surface area (TPSA) is 129 Å². The number of nitrogens with two attached hydrogens (primary N) is 2. The minimum Gasteiger partial charge on any atom is -0.461 e. The van der Waals surface area contributed by atoms with Crippen molar-refractivity contribution < 1.29 is 9.53 Å².